The van der Waals surface area contributed by atoms with E-state index >= 15 is 0 Å². The highest BCUT2D eigenvalue weighted by atomic mass is 16.5. The van der Waals surface area contributed by atoms with Gasteiger partial charge in [0.15, 0.2) is 0 Å². The molecule has 0 aromatic heterocycles. The van der Waals surface area contributed by atoms with Crippen molar-refractivity contribution in [1.82, 2.24) is 4.90 Å². The van der Waals surface area contributed by atoms with Crippen molar-refractivity contribution in [2.75, 3.05) is 20.2 Å². The zero-order valence-electron chi connectivity index (χ0n) is 7.41. The Bertz CT molecular complexity index is 231. The van der Waals surface area contributed by atoms with Crippen molar-refractivity contribution in [3.8, 4) is 0 Å². The zero-order valence-corrected chi connectivity index (χ0v) is 7.41. The summed E-state index contributed by atoms with van der Waals surface area (Å²) < 4.78 is 4.84. The highest BCUT2D eigenvalue weighted by molar-refractivity contribution is 5.91. The second-order valence-corrected chi connectivity index (χ2v) is 2.64. The summed E-state index contributed by atoms with van der Waals surface area (Å²) in [5.74, 6) is -0.234. The second kappa shape index (κ2) is 3.95. The van der Waals surface area contributed by atoms with Gasteiger partial charge >= 0.3 is 5.97 Å². The first kappa shape index (κ1) is 8.84. The van der Waals surface area contributed by atoms with E-state index in [1.54, 1.807) is 13.0 Å². The minimum Gasteiger partial charge on any atom is -0.462 e. The van der Waals surface area contributed by atoms with Gasteiger partial charge < -0.3 is 9.64 Å². The van der Waals surface area contributed by atoms with Crippen LogP contribution in [0.4, 0.5) is 0 Å². The number of ether oxygens (including phenoxy) is 1. The maximum absolute atomic E-state index is 11.1. The standard InChI is InChI=1S/C9H13NO2/c1-3-12-9(11)8-4-6-10(2)7-5-8/h4-6H,3,7H2,1-2H3. The number of hydrogen-bond donors (Lipinski definition) is 0. The molecule has 1 aliphatic heterocycles. The van der Waals surface area contributed by atoms with Crippen LogP contribution in [0.25, 0.3) is 0 Å². The summed E-state index contributed by atoms with van der Waals surface area (Å²) in [6, 6.07) is 0. The van der Waals surface area contributed by atoms with Gasteiger partial charge in [-0.05, 0) is 19.2 Å². The number of rotatable bonds is 2. The summed E-state index contributed by atoms with van der Waals surface area (Å²) in [5.41, 5.74) is 0.648. The van der Waals surface area contributed by atoms with Crippen molar-refractivity contribution in [3.63, 3.8) is 0 Å². The first-order valence-corrected chi connectivity index (χ1v) is 3.99. The molecule has 0 aliphatic carbocycles. The Labute approximate surface area is 72.3 Å². The van der Waals surface area contributed by atoms with E-state index in [-0.39, 0.29) is 5.97 Å². The first-order chi connectivity index (χ1) is 5.74. The maximum atomic E-state index is 11.1. The molecule has 0 unspecified atom stereocenters. The fraction of sp³-hybridized carbons (Fsp3) is 0.444. The fourth-order valence-electron chi connectivity index (χ4n) is 0.945. The number of hydrogen-bond acceptors (Lipinski definition) is 3. The van der Waals surface area contributed by atoms with Crippen LogP contribution in [0.1, 0.15) is 6.92 Å². The molecule has 3 nitrogen and oxygen atoms in total. The van der Waals surface area contributed by atoms with Crippen LogP contribution in [0.5, 0.6) is 0 Å². The minimum atomic E-state index is -0.234. The Morgan fingerprint density at radius 3 is 3.00 bits per heavy atom. The molecule has 0 spiro atoms. The van der Waals surface area contributed by atoms with E-state index < -0.39 is 0 Å². The van der Waals surface area contributed by atoms with Crippen LogP contribution in [0.15, 0.2) is 23.9 Å². The predicted molar refractivity (Wildman–Crippen MR) is 46.5 cm³/mol. The third-order valence-corrected chi connectivity index (χ3v) is 1.62. The molecule has 0 bridgehead atoms. The van der Waals surface area contributed by atoms with E-state index in [0.29, 0.717) is 12.2 Å². The lowest BCUT2D eigenvalue weighted by atomic mass is 10.2. The van der Waals surface area contributed by atoms with E-state index in [0.717, 1.165) is 6.54 Å². The lowest BCUT2D eigenvalue weighted by Gasteiger charge is -2.15. The number of likely N-dealkylation sites (N-methyl/N-ethyl adjacent to an activating group) is 1. The zero-order chi connectivity index (χ0) is 8.97. The summed E-state index contributed by atoms with van der Waals surface area (Å²) in [6.07, 6.45) is 5.49. The van der Waals surface area contributed by atoms with E-state index in [1.165, 1.54) is 0 Å². The number of carbonyl (C=O) groups is 1. The summed E-state index contributed by atoms with van der Waals surface area (Å²) >= 11 is 0. The third-order valence-electron chi connectivity index (χ3n) is 1.62. The van der Waals surface area contributed by atoms with Crippen molar-refractivity contribution in [3.05, 3.63) is 23.9 Å². The molecule has 66 valence electrons. The van der Waals surface area contributed by atoms with E-state index in [9.17, 15) is 4.79 Å². The van der Waals surface area contributed by atoms with Gasteiger partial charge in [0.05, 0.1) is 12.2 Å². The Kier molecular flexibility index (Phi) is 2.91. The van der Waals surface area contributed by atoms with E-state index in [4.69, 9.17) is 4.74 Å². The smallest absolute Gasteiger partial charge is 0.337 e. The van der Waals surface area contributed by atoms with Crippen molar-refractivity contribution in [1.29, 1.82) is 0 Å². The van der Waals surface area contributed by atoms with Crippen molar-refractivity contribution < 1.29 is 9.53 Å². The van der Waals surface area contributed by atoms with E-state index in [1.807, 2.05) is 24.2 Å². The molecular weight excluding hydrogens is 154 g/mol. The highest BCUT2D eigenvalue weighted by Gasteiger charge is 2.09. The third kappa shape index (κ3) is 2.12. The largest absolute Gasteiger partial charge is 0.462 e. The SMILES string of the molecule is CCOC(=O)C1=CCN(C)C=C1. The van der Waals surface area contributed by atoms with Crippen LogP contribution in [0.3, 0.4) is 0 Å². The molecule has 0 amide bonds. The van der Waals surface area contributed by atoms with Crippen LogP contribution in [0, 0.1) is 0 Å². The summed E-state index contributed by atoms with van der Waals surface area (Å²) in [5, 5.41) is 0. The Morgan fingerprint density at radius 1 is 1.75 bits per heavy atom. The summed E-state index contributed by atoms with van der Waals surface area (Å²) in [4.78, 5) is 13.1. The Hall–Kier alpha value is -1.25. The van der Waals surface area contributed by atoms with Crippen LogP contribution < -0.4 is 0 Å². The average molecular weight is 167 g/mol. The van der Waals surface area contributed by atoms with Gasteiger partial charge in [0.2, 0.25) is 0 Å². The molecule has 1 aliphatic rings. The van der Waals surface area contributed by atoms with Gasteiger partial charge in [-0.25, -0.2) is 4.79 Å². The molecule has 1 heterocycles. The summed E-state index contributed by atoms with van der Waals surface area (Å²) in [7, 11) is 1.95. The lowest BCUT2D eigenvalue weighted by molar-refractivity contribution is -0.138. The van der Waals surface area contributed by atoms with Gasteiger partial charge in [-0.15, -0.1) is 0 Å². The van der Waals surface area contributed by atoms with Gasteiger partial charge in [-0.1, -0.05) is 6.08 Å². The topological polar surface area (TPSA) is 29.5 Å². The lowest BCUT2D eigenvalue weighted by Crippen LogP contribution is -2.17. The Balaban J connectivity index is 2.54. The summed E-state index contributed by atoms with van der Waals surface area (Å²) in [6.45, 7) is 3.00. The van der Waals surface area contributed by atoms with Crippen LogP contribution >= 0.6 is 0 Å². The molecular formula is C9H13NO2. The Morgan fingerprint density at radius 2 is 2.50 bits per heavy atom. The quantitative estimate of drug-likeness (QED) is 0.573. The molecule has 0 saturated carbocycles. The molecule has 1 rings (SSSR count). The van der Waals surface area contributed by atoms with Crippen molar-refractivity contribution >= 4 is 5.97 Å². The predicted octanol–water partition coefficient (Wildman–Crippen LogP) is 0.935. The molecule has 0 saturated heterocycles. The molecule has 0 aromatic carbocycles. The van der Waals surface area contributed by atoms with Gasteiger partial charge in [-0.2, -0.15) is 0 Å². The monoisotopic (exact) mass is 167 g/mol. The number of carbonyl (C=O) groups excluding carboxylic acids is 1. The maximum Gasteiger partial charge on any atom is 0.337 e. The highest BCUT2D eigenvalue weighted by Crippen LogP contribution is 2.06. The van der Waals surface area contributed by atoms with Gasteiger partial charge in [0, 0.05) is 13.6 Å². The molecule has 0 aromatic rings. The molecule has 3 heteroatoms. The number of nitrogens with zero attached hydrogens (tertiary/aromatic N) is 1. The molecule has 0 atom stereocenters. The van der Waals surface area contributed by atoms with Gasteiger partial charge in [0.1, 0.15) is 0 Å². The number of esters is 1. The fourth-order valence-corrected chi connectivity index (χ4v) is 0.945. The second-order valence-electron chi connectivity index (χ2n) is 2.64. The normalized spacial score (nSPS) is 15.8. The van der Waals surface area contributed by atoms with Gasteiger partial charge in [0.25, 0.3) is 0 Å². The van der Waals surface area contributed by atoms with Crippen LogP contribution in [-0.4, -0.2) is 31.1 Å². The first-order valence-electron chi connectivity index (χ1n) is 3.99. The van der Waals surface area contributed by atoms with Crippen molar-refractivity contribution in [2.24, 2.45) is 0 Å². The molecule has 0 radical (unpaired) electrons. The van der Waals surface area contributed by atoms with Crippen LogP contribution in [0.2, 0.25) is 0 Å². The minimum absolute atomic E-state index is 0.234. The molecule has 0 N–H and O–H groups in total. The molecule has 0 fully saturated rings. The average Bonchev–Trinajstić information content (AvgIpc) is 2.06. The molecule has 12 heavy (non-hydrogen) atoms. The van der Waals surface area contributed by atoms with Gasteiger partial charge in [-0.3, -0.25) is 0 Å². The van der Waals surface area contributed by atoms with Crippen LogP contribution in [-0.2, 0) is 9.53 Å². The van der Waals surface area contributed by atoms with E-state index in [2.05, 4.69) is 0 Å². The van der Waals surface area contributed by atoms with Crippen molar-refractivity contribution in [2.45, 2.75) is 6.92 Å².